The summed E-state index contributed by atoms with van der Waals surface area (Å²) in [5, 5.41) is 0. The minimum absolute atomic E-state index is 0.118. The summed E-state index contributed by atoms with van der Waals surface area (Å²) in [6, 6.07) is 7.99. The van der Waals surface area contributed by atoms with Crippen molar-refractivity contribution in [2.24, 2.45) is 0 Å². The molecular weight excluding hydrogens is 348 g/mol. The first kappa shape index (κ1) is 22.8. The number of fused-ring (bicyclic) bond motifs is 1. The standard InChI is InChI=1S/C25H40O3/c1-2-3-4-5-6-7-8-9-10-11-12-13-14-19-24(26)28-25-21-20-22-17-15-16-18-23(22)27-25/h15-18,25H,2-14,19-21H2,1H3. The van der Waals surface area contributed by atoms with Crippen molar-refractivity contribution in [2.75, 3.05) is 0 Å². The SMILES string of the molecule is CCCCCCCCCCCCCCCC(=O)OC1CCc2ccccc2O1. The molecule has 0 bridgehead atoms. The first-order chi connectivity index (χ1) is 13.8. The van der Waals surface area contributed by atoms with Gasteiger partial charge in [-0.1, -0.05) is 102 Å². The number of hydrogen-bond donors (Lipinski definition) is 0. The van der Waals surface area contributed by atoms with Gasteiger partial charge in [0.15, 0.2) is 0 Å². The zero-order valence-electron chi connectivity index (χ0n) is 17.9. The second kappa shape index (κ2) is 14.5. The van der Waals surface area contributed by atoms with Gasteiger partial charge in [0.05, 0.1) is 0 Å². The largest absolute Gasteiger partial charge is 0.454 e. The fourth-order valence-corrected chi connectivity index (χ4v) is 3.87. The highest BCUT2D eigenvalue weighted by Gasteiger charge is 2.22. The Hall–Kier alpha value is -1.51. The van der Waals surface area contributed by atoms with Crippen molar-refractivity contribution in [3.05, 3.63) is 29.8 Å². The number of hydrogen-bond acceptors (Lipinski definition) is 3. The molecule has 0 N–H and O–H groups in total. The van der Waals surface area contributed by atoms with E-state index in [4.69, 9.17) is 9.47 Å². The summed E-state index contributed by atoms with van der Waals surface area (Å²) >= 11 is 0. The van der Waals surface area contributed by atoms with Gasteiger partial charge in [-0.3, -0.25) is 4.79 Å². The minimum Gasteiger partial charge on any atom is -0.454 e. The quantitative estimate of drug-likeness (QED) is 0.232. The van der Waals surface area contributed by atoms with Gasteiger partial charge in [0.1, 0.15) is 5.75 Å². The summed E-state index contributed by atoms with van der Waals surface area (Å²) in [4.78, 5) is 12.0. The molecule has 0 radical (unpaired) electrons. The van der Waals surface area contributed by atoms with Gasteiger partial charge in [-0.05, 0) is 24.5 Å². The van der Waals surface area contributed by atoms with E-state index in [2.05, 4.69) is 13.0 Å². The third-order valence-corrected chi connectivity index (χ3v) is 5.63. The molecule has 1 unspecified atom stereocenters. The van der Waals surface area contributed by atoms with Crippen LogP contribution >= 0.6 is 0 Å². The first-order valence-electron chi connectivity index (χ1n) is 11.7. The third kappa shape index (κ3) is 9.61. The zero-order chi connectivity index (χ0) is 19.9. The molecule has 0 saturated heterocycles. The van der Waals surface area contributed by atoms with E-state index in [0.717, 1.165) is 31.4 Å². The van der Waals surface area contributed by atoms with E-state index in [9.17, 15) is 4.79 Å². The molecular formula is C25H40O3. The van der Waals surface area contributed by atoms with Crippen molar-refractivity contribution in [2.45, 2.75) is 116 Å². The lowest BCUT2D eigenvalue weighted by Crippen LogP contribution is -2.28. The number of benzene rings is 1. The van der Waals surface area contributed by atoms with E-state index in [1.54, 1.807) is 0 Å². The molecule has 0 aromatic heterocycles. The van der Waals surface area contributed by atoms with Crippen LogP contribution in [-0.2, 0) is 16.0 Å². The van der Waals surface area contributed by atoms with Gasteiger partial charge in [-0.25, -0.2) is 0 Å². The van der Waals surface area contributed by atoms with E-state index < -0.39 is 6.29 Å². The Labute approximate surface area is 172 Å². The second-order valence-electron chi connectivity index (χ2n) is 8.18. The molecule has 1 aromatic carbocycles. The lowest BCUT2D eigenvalue weighted by Gasteiger charge is -2.25. The molecule has 1 aliphatic rings. The molecule has 0 fully saturated rings. The maximum absolute atomic E-state index is 12.0. The molecule has 0 spiro atoms. The number of carbonyl (C=O) groups is 1. The first-order valence-corrected chi connectivity index (χ1v) is 11.7. The maximum atomic E-state index is 12.0. The summed E-state index contributed by atoms with van der Waals surface area (Å²) in [5.74, 6) is 0.736. The van der Waals surface area contributed by atoms with Crippen LogP contribution in [-0.4, -0.2) is 12.3 Å². The molecule has 1 atom stereocenters. The predicted molar refractivity (Wildman–Crippen MR) is 116 cm³/mol. The van der Waals surface area contributed by atoms with Crippen LogP contribution in [0.4, 0.5) is 0 Å². The van der Waals surface area contributed by atoms with Crippen LogP contribution in [0, 0.1) is 0 Å². The van der Waals surface area contributed by atoms with Crippen LogP contribution in [0.15, 0.2) is 24.3 Å². The van der Waals surface area contributed by atoms with Crippen molar-refractivity contribution >= 4 is 5.97 Å². The van der Waals surface area contributed by atoms with Crippen LogP contribution in [0.3, 0.4) is 0 Å². The fraction of sp³-hybridized carbons (Fsp3) is 0.720. The smallest absolute Gasteiger partial charge is 0.308 e. The zero-order valence-corrected chi connectivity index (χ0v) is 17.9. The van der Waals surface area contributed by atoms with Gasteiger partial charge in [0.25, 0.3) is 0 Å². The van der Waals surface area contributed by atoms with Gasteiger partial charge in [0.2, 0.25) is 6.29 Å². The molecule has 1 aliphatic heterocycles. The number of ether oxygens (including phenoxy) is 2. The van der Waals surface area contributed by atoms with Crippen molar-refractivity contribution in [1.82, 2.24) is 0 Å². The summed E-state index contributed by atoms with van der Waals surface area (Å²) < 4.78 is 11.3. The number of para-hydroxylation sites is 1. The average Bonchev–Trinajstić information content (AvgIpc) is 2.71. The highest BCUT2D eigenvalue weighted by Crippen LogP contribution is 2.27. The monoisotopic (exact) mass is 388 g/mol. The number of aryl methyl sites for hydroxylation is 1. The molecule has 3 heteroatoms. The lowest BCUT2D eigenvalue weighted by molar-refractivity contribution is -0.165. The number of esters is 1. The Morgan fingerprint density at radius 2 is 1.46 bits per heavy atom. The molecule has 1 heterocycles. The summed E-state index contributed by atoms with van der Waals surface area (Å²) in [6.45, 7) is 2.27. The summed E-state index contributed by atoms with van der Waals surface area (Å²) in [6.07, 6.45) is 18.8. The van der Waals surface area contributed by atoms with Gasteiger partial charge in [-0.2, -0.15) is 0 Å². The highest BCUT2D eigenvalue weighted by atomic mass is 16.7. The fourth-order valence-electron chi connectivity index (χ4n) is 3.87. The van der Waals surface area contributed by atoms with Crippen LogP contribution in [0.5, 0.6) is 5.75 Å². The Kier molecular flexibility index (Phi) is 11.8. The molecule has 0 aliphatic carbocycles. The van der Waals surface area contributed by atoms with Crippen molar-refractivity contribution in [1.29, 1.82) is 0 Å². The molecule has 28 heavy (non-hydrogen) atoms. The Morgan fingerprint density at radius 1 is 0.893 bits per heavy atom. The van der Waals surface area contributed by atoms with Crippen LogP contribution in [0.2, 0.25) is 0 Å². The normalized spacial score (nSPS) is 15.7. The van der Waals surface area contributed by atoms with E-state index in [1.165, 1.54) is 76.2 Å². The lowest BCUT2D eigenvalue weighted by atomic mass is 10.0. The Balaban J connectivity index is 1.39. The molecule has 0 saturated carbocycles. The van der Waals surface area contributed by atoms with Gasteiger partial charge < -0.3 is 9.47 Å². The van der Waals surface area contributed by atoms with Crippen molar-refractivity contribution in [3.63, 3.8) is 0 Å². The van der Waals surface area contributed by atoms with Crippen molar-refractivity contribution in [3.8, 4) is 5.75 Å². The molecule has 1 aromatic rings. The number of unbranched alkanes of at least 4 members (excludes halogenated alkanes) is 12. The summed E-state index contributed by atoms with van der Waals surface area (Å²) in [7, 11) is 0. The maximum Gasteiger partial charge on any atom is 0.308 e. The van der Waals surface area contributed by atoms with Gasteiger partial charge in [-0.15, -0.1) is 0 Å². The van der Waals surface area contributed by atoms with Gasteiger partial charge >= 0.3 is 5.97 Å². The highest BCUT2D eigenvalue weighted by molar-refractivity contribution is 5.69. The van der Waals surface area contributed by atoms with E-state index >= 15 is 0 Å². The number of carbonyl (C=O) groups excluding carboxylic acids is 1. The van der Waals surface area contributed by atoms with E-state index in [0.29, 0.717) is 6.42 Å². The van der Waals surface area contributed by atoms with Crippen LogP contribution < -0.4 is 4.74 Å². The predicted octanol–water partition coefficient (Wildman–Crippen LogP) is 7.36. The Morgan fingerprint density at radius 3 is 2.11 bits per heavy atom. The molecule has 3 nitrogen and oxygen atoms in total. The van der Waals surface area contributed by atoms with Gasteiger partial charge in [0, 0.05) is 12.8 Å². The second-order valence-corrected chi connectivity index (χ2v) is 8.18. The van der Waals surface area contributed by atoms with Crippen LogP contribution in [0.1, 0.15) is 109 Å². The Bertz CT molecular complexity index is 540. The van der Waals surface area contributed by atoms with Crippen LogP contribution in [0.25, 0.3) is 0 Å². The van der Waals surface area contributed by atoms with E-state index in [1.807, 2.05) is 18.2 Å². The van der Waals surface area contributed by atoms with E-state index in [-0.39, 0.29) is 5.97 Å². The summed E-state index contributed by atoms with van der Waals surface area (Å²) in [5.41, 5.74) is 1.20. The average molecular weight is 389 g/mol. The molecule has 2 rings (SSSR count). The minimum atomic E-state index is -0.413. The van der Waals surface area contributed by atoms with Crippen molar-refractivity contribution < 1.29 is 14.3 Å². The number of rotatable bonds is 15. The third-order valence-electron chi connectivity index (χ3n) is 5.63. The molecule has 0 amide bonds. The topological polar surface area (TPSA) is 35.5 Å². The molecule has 158 valence electrons.